The molecule has 0 atom stereocenters. The summed E-state index contributed by atoms with van der Waals surface area (Å²) in [5.41, 5.74) is 2.80. The Kier molecular flexibility index (Phi) is 7.62. The summed E-state index contributed by atoms with van der Waals surface area (Å²) >= 11 is 13.1. The van der Waals surface area contributed by atoms with Crippen LogP contribution in [0.4, 0.5) is 5.13 Å². The van der Waals surface area contributed by atoms with Crippen LogP contribution in [0.15, 0.2) is 47.8 Å². The Morgan fingerprint density at radius 2 is 1.77 bits per heavy atom. The minimum atomic E-state index is -0.476. The molecule has 1 heterocycles. The van der Waals surface area contributed by atoms with Gasteiger partial charge in [-0.2, -0.15) is 0 Å². The maximum absolute atomic E-state index is 12.2. The lowest BCUT2D eigenvalue weighted by Gasteiger charge is -2.07. The third kappa shape index (κ3) is 6.52. The number of carbonyl (C=O) groups excluding carboxylic acids is 3. The highest BCUT2D eigenvalue weighted by Gasteiger charge is 2.13. The third-order valence-electron chi connectivity index (χ3n) is 4.13. The topological polar surface area (TPSA) is 100 Å². The fourth-order valence-electron chi connectivity index (χ4n) is 2.58. The van der Waals surface area contributed by atoms with Gasteiger partial charge in [-0.3, -0.25) is 14.4 Å². The van der Waals surface area contributed by atoms with Crippen molar-refractivity contribution in [2.24, 2.45) is 0 Å². The predicted molar refractivity (Wildman–Crippen MR) is 122 cm³/mol. The van der Waals surface area contributed by atoms with Crippen LogP contribution in [0.2, 0.25) is 10.0 Å². The molecule has 0 unspecified atom stereocenters. The molecule has 0 aliphatic carbocycles. The normalized spacial score (nSPS) is 10.4. The van der Waals surface area contributed by atoms with Gasteiger partial charge in [0.05, 0.1) is 22.8 Å². The molecule has 0 saturated heterocycles. The molecule has 0 fully saturated rings. The molecular weight excluding hydrogens is 459 g/mol. The number of rotatable bonds is 7. The highest BCUT2D eigenvalue weighted by atomic mass is 35.5. The third-order valence-corrected chi connectivity index (χ3v) is 5.43. The van der Waals surface area contributed by atoms with E-state index in [1.165, 1.54) is 30.4 Å². The van der Waals surface area contributed by atoms with Gasteiger partial charge in [0.25, 0.3) is 5.91 Å². The number of thiazole rings is 1. The highest BCUT2D eigenvalue weighted by Crippen LogP contribution is 2.25. The van der Waals surface area contributed by atoms with E-state index in [1.54, 1.807) is 6.07 Å². The molecule has 0 bridgehead atoms. The van der Waals surface area contributed by atoms with E-state index in [-0.39, 0.29) is 23.0 Å². The second-order valence-corrected chi connectivity index (χ2v) is 8.20. The molecule has 2 aromatic carbocycles. The van der Waals surface area contributed by atoms with Crippen LogP contribution in [0.3, 0.4) is 0 Å². The number of hydrogen-bond donors (Lipinski definition) is 3. The van der Waals surface area contributed by atoms with E-state index in [9.17, 15) is 14.4 Å². The molecule has 3 rings (SSSR count). The van der Waals surface area contributed by atoms with Crippen molar-refractivity contribution in [3.8, 4) is 11.3 Å². The molecular formula is C21H18Cl2N4O3S. The quantitative estimate of drug-likeness (QED) is 0.477. The molecule has 31 heavy (non-hydrogen) atoms. The number of amides is 3. The van der Waals surface area contributed by atoms with Gasteiger partial charge in [0.2, 0.25) is 11.8 Å². The largest absolute Gasteiger partial charge is 0.352 e. The van der Waals surface area contributed by atoms with Crippen LogP contribution >= 0.6 is 34.5 Å². The molecule has 10 heteroatoms. The van der Waals surface area contributed by atoms with Crippen molar-refractivity contribution in [2.45, 2.75) is 13.5 Å². The number of nitrogens with zero attached hydrogens (tertiary/aromatic N) is 1. The Hall–Kier alpha value is -2.94. The van der Waals surface area contributed by atoms with Crippen LogP contribution in [0, 0.1) is 0 Å². The fourth-order valence-corrected chi connectivity index (χ4v) is 3.81. The van der Waals surface area contributed by atoms with E-state index in [4.69, 9.17) is 23.2 Å². The zero-order valence-electron chi connectivity index (χ0n) is 16.4. The van der Waals surface area contributed by atoms with Crippen LogP contribution < -0.4 is 16.0 Å². The van der Waals surface area contributed by atoms with Crippen LogP contribution in [-0.4, -0.2) is 29.3 Å². The second-order valence-electron chi connectivity index (χ2n) is 6.50. The standard InChI is InChI=1S/C21H18Cl2N4O3S/c1-12(28)24-9-13-2-4-14(5-3-13)18-11-31-21(26-18)27-19(29)10-25-20(30)16-7-6-15(22)8-17(16)23/h2-8,11H,9-10H2,1H3,(H,24,28)(H,25,30)(H,26,27,29). The monoisotopic (exact) mass is 476 g/mol. The van der Waals surface area contributed by atoms with Crippen molar-refractivity contribution < 1.29 is 14.4 Å². The van der Waals surface area contributed by atoms with Crippen LogP contribution in [0.1, 0.15) is 22.8 Å². The van der Waals surface area contributed by atoms with E-state index >= 15 is 0 Å². The van der Waals surface area contributed by atoms with Crippen molar-refractivity contribution in [1.82, 2.24) is 15.6 Å². The first-order valence-corrected chi connectivity index (χ1v) is 10.8. The van der Waals surface area contributed by atoms with E-state index in [2.05, 4.69) is 20.9 Å². The number of hydrogen-bond acceptors (Lipinski definition) is 5. The molecule has 0 aliphatic rings. The van der Waals surface area contributed by atoms with E-state index in [1.807, 2.05) is 29.6 Å². The van der Waals surface area contributed by atoms with Gasteiger partial charge in [-0.05, 0) is 23.8 Å². The molecule has 3 amide bonds. The van der Waals surface area contributed by atoms with Crippen molar-refractivity contribution in [3.63, 3.8) is 0 Å². The number of halogens is 2. The molecule has 0 aliphatic heterocycles. The molecule has 3 N–H and O–H groups in total. The van der Waals surface area contributed by atoms with Gasteiger partial charge in [-0.1, -0.05) is 47.5 Å². The van der Waals surface area contributed by atoms with Crippen LogP contribution in [0.5, 0.6) is 0 Å². The Bertz CT molecular complexity index is 1120. The maximum Gasteiger partial charge on any atom is 0.253 e. The number of carbonyl (C=O) groups is 3. The number of nitrogens with one attached hydrogen (secondary N) is 3. The first-order chi connectivity index (χ1) is 14.8. The average Bonchev–Trinajstić information content (AvgIpc) is 3.19. The molecule has 0 radical (unpaired) electrons. The first kappa shape index (κ1) is 22.7. The van der Waals surface area contributed by atoms with Crippen molar-refractivity contribution in [1.29, 1.82) is 0 Å². The van der Waals surface area contributed by atoms with Crippen molar-refractivity contribution in [2.75, 3.05) is 11.9 Å². The van der Waals surface area contributed by atoms with Gasteiger partial charge in [0.15, 0.2) is 5.13 Å². The number of aromatic nitrogens is 1. The molecule has 0 spiro atoms. The summed E-state index contributed by atoms with van der Waals surface area (Å²) in [4.78, 5) is 39.7. The summed E-state index contributed by atoms with van der Waals surface area (Å²) in [6.07, 6.45) is 0. The lowest BCUT2D eigenvalue weighted by molar-refractivity contribution is -0.119. The summed E-state index contributed by atoms with van der Waals surface area (Å²) in [7, 11) is 0. The van der Waals surface area contributed by atoms with Gasteiger partial charge in [0.1, 0.15) is 0 Å². The summed E-state index contributed by atoms with van der Waals surface area (Å²) in [5, 5.41) is 10.8. The number of benzene rings is 2. The van der Waals surface area contributed by atoms with Crippen LogP contribution in [0.25, 0.3) is 11.3 Å². The van der Waals surface area contributed by atoms with E-state index in [0.717, 1.165) is 11.1 Å². The SMILES string of the molecule is CC(=O)NCc1ccc(-c2csc(NC(=O)CNC(=O)c3ccc(Cl)cc3Cl)n2)cc1. The molecule has 160 valence electrons. The zero-order chi connectivity index (χ0) is 22.4. The summed E-state index contributed by atoms with van der Waals surface area (Å²) in [5.74, 6) is -0.975. The van der Waals surface area contributed by atoms with Gasteiger partial charge in [-0.15, -0.1) is 11.3 Å². The predicted octanol–water partition coefficient (Wildman–Crippen LogP) is 4.12. The molecule has 7 nitrogen and oxygen atoms in total. The smallest absolute Gasteiger partial charge is 0.253 e. The van der Waals surface area contributed by atoms with Gasteiger partial charge in [-0.25, -0.2) is 4.98 Å². The van der Waals surface area contributed by atoms with Crippen molar-refractivity contribution in [3.05, 3.63) is 69.0 Å². The van der Waals surface area contributed by atoms with E-state index in [0.29, 0.717) is 22.4 Å². The second kappa shape index (κ2) is 10.4. The molecule has 0 saturated carbocycles. The minimum Gasteiger partial charge on any atom is -0.352 e. The molecule has 3 aromatic rings. The lowest BCUT2D eigenvalue weighted by atomic mass is 10.1. The van der Waals surface area contributed by atoms with Gasteiger partial charge in [0, 0.05) is 29.4 Å². The number of anilines is 1. The summed E-state index contributed by atoms with van der Waals surface area (Å²) < 4.78 is 0. The van der Waals surface area contributed by atoms with Gasteiger partial charge >= 0.3 is 0 Å². The average molecular weight is 477 g/mol. The summed E-state index contributed by atoms with van der Waals surface area (Å²) in [6, 6.07) is 12.1. The lowest BCUT2D eigenvalue weighted by Crippen LogP contribution is -2.33. The zero-order valence-corrected chi connectivity index (χ0v) is 18.7. The van der Waals surface area contributed by atoms with Crippen molar-refractivity contribution >= 4 is 57.4 Å². The summed E-state index contributed by atoms with van der Waals surface area (Å²) in [6.45, 7) is 1.70. The Morgan fingerprint density at radius 1 is 1.03 bits per heavy atom. The highest BCUT2D eigenvalue weighted by molar-refractivity contribution is 7.14. The molecule has 1 aromatic heterocycles. The fraction of sp³-hybridized carbons (Fsp3) is 0.143. The minimum absolute atomic E-state index is 0.0867. The van der Waals surface area contributed by atoms with E-state index < -0.39 is 11.8 Å². The van der Waals surface area contributed by atoms with Crippen LogP contribution in [-0.2, 0) is 16.1 Å². The Labute approximate surface area is 192 Å². The maximum atomic E-state index is 12.2. The first-order valence-electron chi connectivity index (χ1n) is 9.14. The van der Waals surface area contributed by atoms with Gasteiger partial charge < -0.3 is 16.0 Å². The Balaban J connectivity index is 1.53. The Morgan fingerprint density at radius 3 is 2.45 bits per heavy atom.